The summed E-state index contributed by atoms with van der Waals surface area (Å²) in [5.74, 6) is -0.728. The maximum Gasteiger partial charge on any atom is 0.573 e. The molecule has 41 heavy (non-hydrogen) atoms. The molecule has 1 heterocycles. The molecule has 9 N–H and O–H groups in total. The van der Waals surface area contributed by atoms with Crippen molar-refractivity contribution in [3.8, 4) is 16.9 Å². The van der Waals surface area contributed by atoms with Crippen LogP contribution in [-0.2, 0) is 6.54 Å². The standard InChI is InChI=1S/C26H32F3N9O3/c27-26(28,29)41-21-6-2-1-5-20(21)35-25(40)37-24-34-15-19(22(39)36-24)18-9-7-17(8-10-18)16-38(13-3-11-30)14-4-12-33-23(31)32/h1-2,5-10,15H,3-4,11-14,16,30H2,(H4,31,32,33)(H3,34,35,36,37,39,40). The third kappa shape index (κ3) is 10.5. The summed E-state index contributed by atoms with van der Waals surface area (Å²) in [6.45, 7) is 3.37. The SMILES string of the molecule is NCCCN(CCCN=C(N)N)Cc1ccc(-c2cnc(NC(=O)Nc3ccccc3OC(F)(F)F)[nH]c2=O)cc1. The molecule has 0 unspecified atom stereocenters. The summed E-state index contributed by atoms with van der Waals surface area (Å²) >= 11 is 0. The molecule has 12 nitrogen and oxygen atoms in total. The zero-order chi connectivity index (χ0) is 29.8. The molecule has 0 radical (unpaired) electrons. The van der Waals surface area contributed by atoms with E-state index >= 15 is 0 Å². The maximum atomic E-state index is 12.7. The predicted octanol–water partition coefficient (Wildman–Crippen LogP) is 2.79. The van der Waals surface area contributed by atoms with Crippen molar-refractivity contribution in [2.45, 2.75) is 25.7 Å². The molecule has 0 fully saturated rings. The van der Waals surface area contributed by atoms with E-state index in [9.17, 15) is 22.8 Å². The number of para-hydroxylation sites is 2. The quantitative estimate of drug-likeness (QED) is 0.102. The van der Waals surface area contributed by atoms with Crippen LogP contribution in [0.3, 0.4) is 0 Å². The number of guanidine groups is 1. The van der Waals surface area contributed by atoms with Crippen LogP contribution in [-0.4, -0.2) is 59.4 Å². The molecule has 0 atom stereocenters. The highest BCUT2D eigenvalue weighted by molar-refractivity contribution is 5.99. The number of ether oxygens (including phenoxy) is 1. The highest BCUT2D eigenvalue weighted by Crippen LogP contribution is 2.30. The van der Waals surface area contributed by atoms with Gasteiger partial charge < -0.3 is 27.3 Å². The van der Waals surface area contributed by atoms with E-state index in [0.29, 0.717) is 25.2 Å². The second-order valence-corrected chi connectivity index (χ2v) is 8.87. The molecule has 220 valence electrons. The van der Waals surface area contributed by atoms with Gasteiger partial charge in [-0.05, 0) is 49.2 Å². The fourth-order valence-corrected chi connectivity index (χ4v) is 3.84. The first-order valence-corrected chi connectivity index (χ1v) is 12.6. The smallest absolute Gasteiger partial charge is 0.404 e. The number of benzene rings is 2. The molecule has 3 aromatic rings. The molecule has 2 aromatic carbocycles. The van der Waals surface area contributed by atoms with Crippen LogP contribution in [0.4, 0.5) is 29.6 Å². The maximum absolute atomic E-state index is 12.7. The van der Waals surface area contributed by atoms with Crippen LogP contribution in [0, 0.1) is 0 Å². The van der Waals surface area contributed by atoms with Gasteiger partial charge in [0.05, 0.1) is 11.3 Å². The van der Waals surface area contributed by atoms with Gasteiger partial charge in [-0.25, -0.2) is 9.78 Å². The topological polar surface area (TPSA) is 190 Å². The van der Waals surface area contributed by atoms with E-state index in [1.54, 1.807) is 12.1 Å². The number of nitrogens with one attached hydrogen (secondary N) is 3. The van der Waals surface area contributed by atoms with Gasteiger partial charge in [-0.3, -0.25) is 25.0 Å². The molecule has 0 aliphatic heterocycles. The number of amides is 2. The van der Waals surface area contributed by atoms with Crippen LogP contribution >= 0.6 is 0 Å². The van der Waals surface area contributed by atoms with E-state index in [4.69, 9.17) is 17.2 Å². The second kappa shape index (κ2) is 14.7. The van der Waals surface area contributed by atoms with E-state index in [1.807, 2.05) is 12.1 Å². The number of aromatic nitrogens is 2. The molecule has 0 aliphatic rings. The van der Waals surface area contributed by atoms with Crippen LogP contribution < -0.4 is 38.1 Å². The molecule has 3 rings (SSSR count). The lowest BCUT2D eigenvalue weighted by Crippen LogP contribution is -2.28. The van der Waals surface area contributed by atoms with Gasteiger partial charge >= 0.3 is 12.4 Å². The summed E-state index contributed by atoms with van der Waals surface area (Å²) in [7, 11) is 0. The molecule has 0 saturated heterocycles. The summed E-state index contributed by atoms with van der Waals surface area (Å²) in [5, 5.41) is 4.52. The molecule has 0 saturated carbocycles. The van der Waals surface area contributed by atoms with Gasteiger partial charge in [0.25, 0.3) is 5.56 Å². The third-order valence-corrected chi connectivity index (χ3v) is 5.67. The number of halogens is 3. The largest absolute Gasteiger partial charge is 0.573 e. The van der Waals surface area contributed by atoms with E-state index in [2.05, 4.69) is 35.2 Å². The Morgan fingerprint density at radius 2 is 1.76 bits per heavy atom. The van der Waals surface area contributed by atoms with Gasteiger partial charge in [0.15, 0.2) is 11.7 Å². The number of carbonyl (C=O) groups is 1. The number of hydrogen-bond donors (Lipinski definition) is 6. The molecule has 0 bridgehead atoms. The molecular weight excluding hydrogens is 543 g/mol. The molecule has 2 amide bonds. The summed E-state index contributed by atoms with van der Waals surface area (Å²) in [4.78, 5) is 37.8. The van der Waals surface area contributed by atoms with Crippen LogP contribution in [0.2, 0.25) is 0 Å². The average molecular weight is 576 g/mol. The summed E-state index contributed by atoms with van der Waals surface area (Å²) < 4.78 is 41.7. The van der Waals surface area contributed by atoms with Gasteiger partial charge in [0.2, 0.25) is 5.95 Å². The average Bonchev–Trinajstić information content (AvgIpc) is 2.90. The third-order valence-electron chi connectivity index (χ3n) is 5.67. The van der Waals surface area contributed by atoms with Crippen LogP contribution in [0.5, 0.6) is 5.75 Å². The minimum absolute atomic E-state index is 0.0615. The van der Waals surface area contributed by atoms with E-state index in [-0.39, 0.29) is 23.2 Å². The number of anilines is 2. The van der Waals surface area contributed by atoms with Gasteiger partial charge in [-0.2, -0.15) is 0 Å². The number of H-pyrrole nitrogens is 1. The number of nitrogens with zero attached hydrogens (tertiary/aromatic N) is 3. The van der Waals surface area contributed by atoms with E-state index < -0.39 is 23.7 Å². The molecule has 0 spiro atoms. The van der Waals surface area contributed by atoms with E-state index in [0.717, 1.165) is 37.6 Å². The molecule has 0 aliphatic carbocycles. The van der Waals surface area contributed by atoms with Crippen LogP contribution in [0.15, 0.2) is 64.5 Å². The van der Waals surface area contributed by atoms with Crippen molar-refractivity contribution in [2.75, 3.05) is 36.8 Å². The monoisotopic (exact) mass is 575 g/mol. The number of carbonyl (C=O) groups excluding carboxylic acids is 1. The first kappa shape index (κ1) is 30.9. The lowest BCUT2D eigenvalue weighted by atomic mass is 10.1. The normalized spacial score (nSPS) is 11.2. The Hall–Kier alpha value is -4.63. The first-order valence-electron chi connectivity index (χ1n) is 12.6. The number of rotatable bonds is 13. The molecular formula is C26H32F3N9O3. The Morgan fingerprint density at radius 3 is 2.41 bits per heavy atom. The Bertz CT molecular complexity index is 1370. The number of aliphatic imine (C=N–C) groups is 1. The Kier molecular flexibility index (Phi) is 11.1. The van der Waals surface area contributed by atoms with Crippen molar-refractivity contribution in [3.05, 3.63) is 70.6 Å². The van der Waals surface area contributed by atoms with Gasteiger partial charge in [0.1, 0.15) is 0 Å². The van der Waals surface area contributed by atoms with Crippen molar-refractivity contribution in [2.24, 2.45) is 22.2 Å². The Morgan fingerprint density at radius 1 is 1.05 bits per heavy atom. The lowest BCUT2D eigenvalue weighted by molar-refractivity contribution is -0.274. The van der Waals surface area contributed by atoms with Gasteiger partial charge in [0, 0.05) is 25.8 Å². The molecule has 15 heteroatoms. The number of hydrogen-bond acceptors (Lipinski definition) is 7. The lowest BCUT2D eigenvalue weighted by Gasteiger charge is -2.22. The van der Waals surface area contributed by atoms with Crippen molar-refractivity contribution >= 4 is 23.6 Å². The number of urea groups is 1. The Balaban J connectivity index is 1.62. The van der Waals surface area contributed by atoms with Crippen molar-refractivity contribution < 1.29 is 22.7 Å². The van der Waals surface area contributed by atoms with Gasteiger partial charge in [-0.1, -0.05) is 36.4 Å². The van der Waals surface area contributed by atoms with Gasteiger partial charge in [-0.15, -0.1) is 13.2 Å². The summed E-state index contributed by atoms with van der Waals surface area (Å²) in [5.41, 5.74) is 17.6. The summed E-state index contributed by atoms with van der Waals surface area (Å²) in [6.07, 6.45) is -2.02. The summed E-state index contributed by atoms with van der Waals surface area (Å²) in [6, 6.07) is 11.5. The second-order valence-electron chi connectivity index (χ2n) is 8.87. The number of aromatic amines is 1. The predicted molar refractivity (Wildman–Crippen MR) is 150 cm³/mol. The van der Waals surface area contributed by atoms with Crippen LogP contribution in [0.1, 0.15) is 18.4 Å². The van der Waals surface area contributed by atoms with Crippen molar-refractivity contribution in [1.29, 1.82) is 0 Å². The number of nitrogens with two attached hydrogens (primary N) is 3. The van der Waals surface area contributed by atoms with Crippen molar-refractivity contribution in [3.63, 3.8) is 0 Å². The van der Waals surface area contributed by atoms with E-state index in [1.165, 1.54) is 24.4 Å². The zero-order valence-electron chi connectivity index (χ0n) is 22.1. The zero-order valence-corrected chi connectivity index (χ0v) is 22.1. The fraction of sp³-hybridized carbons (Fsp3) is 0.308. The van der Waals surface area contributed by atoms with Crippen molar-refractivity contribution in [1.82, 2.24) is 14.9 Å². The Labute approximate surface area is 233 Å². The molecule has 1 aromatic heterocycles. The highest BCUT2D eigenvalue weighted by atomic mass is 19.4. The minimum Gasteiger partial charge on any atom is -0.404 e. The number of alkyl halides is 3. The fourth-order valence-electron chi connectivity index (χ4n) is 3.84. The van der Waals surface area contributed by atoms with Crippen LogP contribution in [0.25, 0.3) is 11.1 Å². The minimum atomic E-state index is -4.94. The first-order chi connectivity index (χ1) is 19.5. The highest BCUT2D eigenvalue weighted by Gasteiger charge is 2.32.